The predicted octanol–water partition coefficient (Wildman–Crippen LogP) is -1.05. The highest BCUT2D eigenvalue weighted by Gasteiger charge is 2.45. The summed E-state index contributed by atoms with van der Waals surface area (Å²) in [5, 5.41) is 38.0. The van der Waals surface area contributed by atoms with Gasteiger partial charge in [-0.1, -0.05) is 17.7 Å². The third-order valence-corrected chi connectivity index (χ3v) is 3.37. The summed E-state index contributed by atoms with van der Waals surface area (Å²) in [6, 6.07) is 6.58. The number of aliphatic hydroxyl groups excluding tert-OH is 4. The van der Waals surface area contributed by atoms with Gasteiger partial charge in [-0.25, -0.2) is 4.79 Å². The number of aryl methyl sites for hydroxylation is 1. The minimum absolute atomic E-state index is 0.269. The van der Waals surface area contributed by atoms with Crippen LogP contribution in [0.25, 0.3) is 0 Å². The smallest absolute Gasteiger partial charge is 0.338 e. The van der Waals surface area contributed by atoms with Crippen LogP contribution in [0.1, 0.15) is 15.9 Å². The van der Waals surface area contributed by atoms with Crippen LogP contribution in [0.3, 0.4) is 0 Å². The summed E-state index contributed by atoms with van der Waals surface area (Å²) in [6.45, 7) is 1.29. The fourth-order valence-electron chi connectivity index (χ4n) is 2.09. The summed E-state index contributed by atoms with van der Waals surface area (Å²) in [7, 11) is 0. The third kappa shape index (κ3) is 3.39. The Hall–Kier alpha value is -1.51. The molecule has 1 heterocycles. The van der Waals surface area contributed by atoms with Gasteiger partial charge in [0.15, 0.2) is 12.4 Å². The Labute approximate surface area is 121 Å². The molecule has 5 atom stereocenters. The molecule has 21 heavy (non-hydrogen) atoms. The first-order chi connectivity index (χ1) is 9.93. The largest absolute Gasteiger partial charge is 0.453 e. The van der Waals surface area contributed by atoms with E-state index in [2.05, 4.69) is 0 Å². The molecule has 2 rings (SSSR count). The first-order valence-corrected chi connectivity index (χ1v) is 6.52. The van der Waals surface area contributed by atoms with Gasteiger partial charge < -0.3 is 29.9 Å². The third-order valence-electron chi connectivity index (χ3n) is 3.37. The topological polar surface area (TPSA) is 116 Å². The molecule has 0 aliphatic carbocycles. The van der Waals surface area contributed by atoms with Crippen molar-refractivity contribution in [3.63, 3.8) is 0 Å². The maximum atomic E-state index is 12.0. The van der Waals surface area contributed by atoms with E-state index in [-0.39, 0.29) is 5.56 Å². The first kappa shape index (κ1) is 15.9. The minimum atomic E-state index is -1.65. The van der Waals surface area contributed by atoms with Gasteiger partial charge in [0.05, 0.1) is 12.2 Å². The Balaban J connectivity index is 2.12. The van der Waals surface area contributed by atoms with E-state index in [1.807, 2.05) is 6.92 Å². The van der Waals surface area contributed by atoms with Crippen molar-refractivity contribution < 1.29 is 34.7 Å². The molecule has 1 aromatic rings. The van der Waals surface area contributed by atoms with Crippen molar-refractivity contribution in [2.24, 2.45) is 0 Å². The number of hydrogen-bond acceptors (Lipinski definition) is 7. The summed E-state index contributed by atoms with van der Waals surface area (Å²) < 4.78 is 10.0. The quantitative estimate of drug-likeness (QED) is 0.526. The Morgan fingerprint density at radius 3 is 2.38 bits per heavy atom. The van der Waals surface area contributed by atoms with E-state index in [1.54, 1.807) is 24.3 Å². The number of esters is 1. The summed E-state index contributed by atoms with van der Waals surface area (Å²) in [4.78, 5) is 12.0. The molecule has 1 aliphatic heterocycles. The highest BCUT2D eigenvalue weighted by molar-refractivity contribution is 5.89. The van der Waals surface area contributed by atoms with E-state index in [9.17, 15) is 25.2 Å². The minimum Gasteiger partial charge on any atom is -0.453 e. The van der Waals surface area contributed by atoms with E-state index in [4.69, 9.17) is 9.47 Å². The lowest BCUT2D eigenvalue weighted by molar-refractivity contribution is -0.285. The number of aliphatic hydroxyl groups is 4. The molecule has 0 saturated carbocycles. The van der Waals surface area contributed by atoms with E-state index < -0.39 is 43.3 Å². The Morgan fingerprint density at radius 1 is 1.19 bits per heavy atom. The molecular weight excluding hydrogens is 280 g/mol. The monoisotopic (exact) mass is 298 g/mol. The van der Waals surface area contributed by atoms with Crippen molar-refractivity contribution in [2.45, 2.75) is 37.6 Å². The first-order valence-electron chi connectivity index (χ1n) is 6.52. The SMILES string of the molecule is Cc1ccc(C(=O)O[C@H]2[C@H](O)[C@@H](O)[C@H](O)O[C@@H]2CO)cc1. The lowest BCUT2D eigenvalue weighted by Gasteiger charge is -2.39. The molecule has 1 aromatic carbocycles. The highest BCUT2D eigenvalue weighted by Crippen LogP contribution is 2.23. The van der Waals surface area contributed by atoms with Crippen molar-refractivity contribution >= 4 is 5.97 Å². The normalized spacial score (nSPS) is 32.7. The fourth-order valence-corrected chi connectivity index (χ4v) is 2.09. The zero-order valence-electron chi connectivity index (χ0n) is 11.4. The summed E-state index contributed by atoms with van der Waals surface area (Å²) in [6.07, 6.45) is -7.22. The highest BCUT2D eigenvalue weighted by atomic mass is 16.7. The van der Waals surface area contributed by atoms with E-state index in [1.165, 1.54) is 0 Å². The average molecular weight is 298 g/mol. The molecule has 4 N–H and O–H groups in total. The Morgan fingerprint density at radius 2 is 1.81 bits per heavy atom. The average Bonchev–Trinajstić information content (AvgIpc) is 2.48. The van der Waals surface area contributed by atoms with Gasteiger partial charge in [-0.15, -0.1) is 0 Å². The summed E-state index contributed by atoms with van der Waals surface area (Å²) in [5.74, 6) is -0.718. The van der Waals surface area contributed by atoms with Gasteiger partial charge in [-0.3, -0.25) is 0 Å². The molecule has 1 aliphatic rings. The van der Waals surface area contributed by atoms with Crippen LogP contribution in [0.4, 0.5) is 0 Å². The molecule has 116 valence electrons. The van der Waals surface area contributed by atoms with Crippen LogP contribution in [-0.2, 0) is 9.47 Å². The lowest BCUT2D eigenvalue weighted by atomic mass is 9.99. The Kier molecular flexibility index (Phi) is 4.92. The number of carbonyl (C=O) groups excluding carboxylic acids is 1. The van der Waals surface area contributed by atoms with Crippen LogP contribution in [0, 0.1) is 6.92 Å². The van der Waals surface area contributed by atoms with Gasteiger partial charge >= 0.3 is 5.97 Å². The van der Waals surface area contributed by atoms with E-state index in [0.29, 0.717) is 0 Å². The maximum Gasteiger partial charge on any atom is 0.338 e. The number of rotatable bonds is 3. The second kappa shape index (κ2) is 6.50. The zero-order valence-corrected chi connectivity index (χ0v) is 11.4. The molecule has 1 saturated heterocycles. The van der Waals surface area contributed by atoms with Crippen molar-refractivity contribution in [3.05, 3.63) is 35.4 Å². The van der Waals surface area contributed by atoms with Crippen LogP contribution in [0.2, 0.25) is 0 Å². The molecule has 0 unspecified atom stereocenters. The summed E-state index contributed by atoms with van der Waals surface area (Å²) >= 11 is 0. The molecule has 0 radical (unpaired) electrons. The van der Waals surface area contributed by atoms with Crippen molar-refractivity contribution in [2.75, 3.05) is 6.61 Å². The number of benzene rings is 1. The molecule has 1 fully saturated rings. The van der Waals surface area contributed by atoms with Gasteiger partial charge in [-0.2, -0.15) is 0 Å². The molecule has 0 bridgehead atoms. The van der Waals surface area contributed by atoms with Gasteiger partial charge in [0.1, 0.15) is 18.3 Å². The molecule has 0 spiro atoms. The fraction of sp³-hybridized carbons (Fsp3) is 0.500. The molecular formula is C14H18O7. The van der Waals surface area contributed by atoms with Gasteiger partial charge in [0.2, 0.25) is 0 Å². The molecule has 0 aromatic heterocycles. The van der Waals surface area contributed by atoms with Crippen LogP contribution < -0.4 is 0 Å². The molecule has 7 heteroatoms. The van der Waals surface area contributed by atoms with E-state index >= 15 is 0 Å². The van der Waals surface area contributed by atoms with E-state index in [0.717, 1.165) is 5.56 Å². The Bertz CT molecular complexity index is 485. The number of hydrogen-bond donors (Lipinski definition) is 4. The number of ether oxygens (including phenoxy) is 2. The lowest BCUT2D eigenvalue weighted by Crippen LogP contribution is -2.59. The van der Waals surface area contributed by atoms with Gasteiger partial charge in [0.25, 0.3) is 0 Å². The van der Waals surface area contributed by atoms with Crippen LogP contribution in [0.5, 0.6) is 0 Å². The van der Waals surface area contributed by atoms with Crippen LogP contribution in [-0.4, -0.2) is 63.7 Å². The second-order valence-corrected chi connectivity index (χ2v) is 4.96. The molecule has 7 nitrogen and oxygen atoms in total. The van der Waals surface area contributed by atoms with Gasteiger partial charge in [0, 0.05) is 0 Å². The standard InChI is InChI=1S/C14H18O7/c1-7-2-4-8(5-3-7)13(18)21-12-9(6-15)20-14(19)11(17)10(12)16/h2-5,9-12,14-17,19H,6H2,1H3/t9-,10-,11-,12-,14-/m1/s1. The van der Waals surface area contributed by atoms with Crippen LogP contribution in [0.15, 0.2) is 24.3 Å². The van der Waals surface area contributed by atoms with Gasteiger partial charge in [-0.05, 0) is 19.1 Å². The zero-order chi connectivity index (χ0) is 15.6. The van der Waals surface area contributed by atoms with Crippen LogP contribution >= 0.6 is 0 Å². The molecule has 0 amide bonds. The van der Waals surface area contributed by atoms with Crippen molar-refractivity contribution in [1.29, 1.82) is 0 Å². The predicted molar refractivity (Wildman–Crippen MR) is 70.4 cm³/mol. The van der Waals surface area contributed by atoms with Crippen molar-refractivity contribution in [3.8, 4) is 0 Å². The summed E-state index contributed by atoms with van der Waals surface area (Å²) in [5.41, 5.74) is 1.24. The second-order valence-electron chi connectivity index (χ2n) is 4.96. The number of carbonyl (C=O) groups is 1. The maximum absolute atomic E-state index is 12.0. The van der Waals surface area contributed by atoms with Crippen molar-refractivity contribution in [1.82, 2.24) is 0 Å².